The third-order valence-electron chi connectivity index (χ3n) is 4.26. The molecule has 1 aliphatic heterocycles. The average molecular weight is 266 g/mol. The summed E-state index contributed by atoms with van der Waals surface area (Å²) in [5.74, 6) is -0.776. The van der Waals surface area contributed by atoms with Crippen molar-refractivity contribution in [3.63, 3.8) is 0 Å². The number of carboxylic acids is 1. The second kappa shape index (κ2) is 5.74. The number of likely N-dealkylation sites (tertiary alicyclic amines) is 1. The van der Waals surface area contributed by atoms with Crippen LogP contribution >= 0.6 is 0 Å². The van der Waals surface area contributed by atoms with Crippen LogP contribution in [0, 0.1) is 11.8 Å². The number of hydrogen-bond acceptors (Lipinski definition) is 3. The van der Waals surface area contributed by atoms with Crippen LogP contribution in [0.2, 0.25) is 0 Å². The van der Waals surface area contributed by atoms with Gasteiger partial charge in [-0.25, -0.2) is 0 Å². The molecule has 0 saturated carbocycles. The summed E-state index contributed by atoms with van der Waals surface area (Å²) in [5, 5.41) is 8.92. The molecule has 2 aliphatic rings. The highest BCUT2D eigenvalue weighted by atomic mass is 16.4. The second-order valence-corrected chi connectivity index (χ2v) is 5.62. The van der Waals surface area contributed by atoms with Gasteiger partial charge in [0.2, 0.25) is 5.91 Å². The van der Waals surface area contributed by atoms with Crippen LogP contribution in [0.3, 0.4) is 0 Å². The first-order chi connectivity index (χ1) is 8.99. The lowest BCUT2D eigenvalue weighted by Crippen LogP contribution is -2.53. The lowest BCUT2D eigenvalue weighted by atomic mass is 9.87. The van der Waals surface area contributed by atoms with E-state index in [9.17, 15) is 9.59 Å². The fraction of sp³-hybridized carbons (Fsp3) is 0.714. The van der Waals surface area contributed by atoms with Gasteiger partial charge in [0.15, 0.2) is 0 Å². The van der Waals surface area contributed by atoms with E-state index < -0.39 is 5.97 Å². The first-order valence-corrected chi connectivity index (χ1v) is 6.89. The van der Waals surface area contributed by atoms with Crippen molar-refractivity contribution < 1.29 is 14.7 Å². The molecule has 1 N–H and O–H groups in total. The normalized spacial score (nSPS) is 21.7. The van der Waals surface area contributed by atoms with Gasteiger partial charge in [-0.05, 0) is 25.2 Å². The number of carbonyl (C=O) groups is 2. The molecule has 2 rings (SSSR count). The first kappa shape index (κ1) is 14.1. The Labute approximate surface area is 113 Å². The molecule has 0 spiro atoms. The molecule has 0 aromatic heterocycles. The molecule has 1 saturated heterocycles. The van der Waals surface area contributed by atoms with Crippen LogP contribution in [-0.2, 0) is 9.59 Å². The monoisotopic (exact) mass is 266 g/mol. The summed E-state index contributed by atoms with van der Waals surface area (Å²) < 4.78 is 0. The van der Waals surface area contributed by atoms with Crippen LogP contribution in [0.15, 0.2) is 11.8 Å². The number of carboxylic acid groups (broad SMARTS) is 1. The van der Waals surface area contributed by atoms with E-state index in [0.29, 0.717) is 19.6 Å². The molecule has 1 amide bonds. The summed E-state index contributed by atoms with van der Waals surface area (Å²) >= 11 is 0. The highest BCUT2D eigenvalue weighted by Crippen LogP contribution is 2.25. The minimum Gasteiger partial charge on any atom is -0.481 e. The minimum atomic E-state index is -0.746. The van der Waals surface area contributed by atoms with Crippen molar-refractivity contribution >= 4 is 11.9 Å². The molecule has 0 bridgehead atoms. The predicted molar refractivity (Wildman–Crippen MR) is 71.4 cm³/mol. The van der Waals surface area contributed by atoms with Crippen LogP contribution in [0.5, 0.6) is 0 Å². The molecule has 0 radical (unpaired) electrons. The van der Waals surface area contributed by atoms with Gasteiger partial charge in [0.05, 0.1) is 12.5 Å². The number of likely N-dealkylation sites (N-methyl/N-ethyl adjacent to an activating group) is 1. The van der Waals surface area contributed by atoms with Crippen molar-refractivity contribution in [2.45, 2.75) is 26.2 Å². The van der Waals surface area contributed by atoms with Crippen molar-refractivity contribution in [2.24, 2.45) is 11.8 Å². The topological polar surface area (TPSA) is 60.9 Å². The van der Waals surface area contributed by atoms with Gasteiger partial charge >= 0.3 is 5.97 Å². The quantitative estimate of drug-likeness (QED) is 0.811. The Morgan fingerprint density at radius 2 is 2.21 bits per heavy atom. The van der Waals surface area contributed by atoms with E-state index >= 15 is 0 Å². The van der Waals surface area contributed by atoms with Gasteiger partial charge in [-0.15, -0.1) is 0 Å². The Balaban J connectivity index is 1.75. The lowest BCUT2D eigenvalue weighted by Gasteiger charge is -2.41. The maximum atomic E-state index is 12.1. The Kier molecular flexibility index (Phi) is 4.24. The van der Waals surface area contributed by atoms with E-state index in [1.807, 2.05) is 11.9 Å². The van der Waals surface area contributed by atoms with E-state index in [4.69, 9.17) is 5.11 Å². The minimum absolute atomic E-state index is 0.106. The summed E-state index contributed by atoms with van der Waals surface area (Å²) in [7, 11) is 1.83. The largest absolute Gasteiger partial charge is 0.481 e. The molecule has 1 aliphatic carbocycles. The summed E-state index contributed by atoms with van der Waals surface area (Å²) in [4.78, 5) is 26.7. The van der Waals surface area contributed by atoms with E-state index in [2.05, 4.69) is 6.08 Å². The number of nitrogens with zero attached hydrogens (tertiary/aromatic N) is 2. The maximum absolute atomic E-state index is 12.1. The third-order valence-corrected chi connectivity index (χ3v) is 4.26. The maximum Gasteiger partial charge on any atom is 0.306 e. The zero-order valence-corrected chi connectivity index (χ0v) is 11.6. The van der Waals surface area contributed by atoms with Crippen LogP contribution < -0.4 is 0 Å². The zero-order valence-electron chi connectivity index (χ0n) is 11.6. The zero-order chi connectivity index (χ0) is 14.0. The van der Waals surface area contributed by atoms with Gasteiger partial charge in [-0.1, -0.05) is 13.0 Å². The number of amides is 1. The number of allylic oxidation sites excluding steroid dienone is 2. The molecule has 1 heterocycles. The molecule has 0 aromatic rings. The van der Waals surface area contributed by atoms with Gasteiger partial charge in [0, 0.05) is 25.8 Å². The van der Waals surface area contributed by atoms with Crippen LogP contribution in [-0.4, -0.2) is 53.5 Å². The van der Waals surface area contributed by atoms with Crippen LogP contribution in [0.4, 0.5) is 0 Å². The summed E-state index contributed by atoms with van der Waals surface area (Å²) in [5.41, 5.74) is 1.13. The fourth-order valence-electron chi connectivity index (χ4n) is 2.67. The van der Waals surface area contributed by atoms with Crippen LogP contribution in [0.1, 0.15) is 26.2 Å². The molecular weight excluding hydrogens is 244 g/mol. The smallest absolute Gasteiger partial charge is 0.306 e. The number of aliphatic carboxylic acids is 1. The van der Waals surface area contributed by atoms with E-state index in [1.54, 1.807) is 11.8 Å². The molecule has 5 nitrogen and oxygen atoms in total. The highest BCUT2D eigenvalue weighted by molar-refractivity contribution is 5.80. The van der Waals surface area contributed by atoms with Gasteiger partial charge in [-0.3, -0.25) is 14.5 Å². The van der Waals surface area contributed by atoms with Gasteiger partial charge in [0.25, 0.3) is 0 Å². The van der Waals surface area contributed by atoms with Gasteiger partial charge in [0.1, 0.15) is 0 Å². The Morgan fingerprint density at radius 3 is 2.74 bits per heavy atom. The average Bonchev–Trinajstić information content (AvgIpc) is 2.84. The van der Waals surface area contributed by atoms with Crippen molar-refractivity contribution in [2.75, 3.05) is 26.7 Å². The number of carbonyl (C=O) groups excluding carboxylic acids is 1. The van der Waals surface area contributed by atoms with E-state index in [1.165, 1.54) is 0 Å². The van der Waals surface area contributed by atoms with E-state index in [0.717, 1.165) is 25.0 Å². The second-order valence-electron chi connectivity index (χ2n) is 5.62. The van der Waals surface area contributed by atoms with Gasteiger partial charge in [-0.2, -0.15) is 0 Å². The standard InChI is InChI=1S/C14H22N2O3/c1-10(14(18)19)11-7-16(8-11)9-13(17)15(2)12-5-3-4-6-12/h5,10-11H,3-4,6-9H2,1-2H3,(H,18,19). The first-order valence-electron chi connectivity index (χ1n) is 6.89. The predicted octanol–water partition coefficient (Wildman–Crippen LogP) is 1.17. The molecule has 0 aromatic carbocycles. The van der Waals surface area contributed by atoms with Crippen molar-refractivity contribution in [1.82, 2.24) is 9.80 Å². The summed E-state index contributed by atoms with van der Waals surface area (Å²) in [6.45, 7) is 3.57. The molecule has 5 heteroatoms. The molecular formula is C14H22N2O3. The number of rotatable bonds is 5. The Morgan fingerprint density at radius 1 is 1.53 bits per heavy atom. The summed E-state index contributed by atoms with van der Waals surface area (Å²) in [6.07, 6.45) is 5.31. The molecule has 1 atom stereocenters. The SMILES string of the molecule is CC(C(=O)O)C1CN(CC(=O)N(C)C2=CCCC2)C1. The van der Waals surface area contributed by atoms with Crippen molar-refractivity contribution in [3.8, 4) is 0 Å². The lowest BCUT2D eigenvalue weighted by molar-refractivity contribution is -0.145. The number of hydrogen-bond donors (Lipinski definition) is 1. The fourth-order valence-corrected chi connectivity index (χ4v) is 2.67. The molecule has 1 unspecified atom stereocenters. The van der Waals surface area contributed by atoms with Crippen LogP contribution in [0.25, 0.3) is 0 Å². The third kappa shape index (κ3) is 3.15. The van der Waals surface area contributed by atoms with Crippen molar-refractivity contribution in [3.05, 3.63) is 11.8 Å². The molecule has 1 fully saturated rings. The molecule has 19 heavy (non-hydrogen) atoms. The van der Waals surface area contributed by atoms with E-state index in [-0.39, 0.29) is 17.7 Å². The molecule has 106 valence electrons. The van der Waals surface area contributed by atoms with Crippen molar-refractivity contribution in [1.29, 1.82) is 0 Å². The highest BCUT2D eigenvalue weighted by Gasteiger charge is 2.35. The van der Waals surface area contributed by atoms with Gasteiger partial charge < -0.3 is 10.0 Å². The Bertz CT molecular complexity index is 399. The Hall–Kier alpha value is -1.36. The summed E-state index contributed by atoms with van der Waals surface area (Å²) in [6, 6.07) is 0.